The van der Waals surface area contributed by atoms with Crippen LogP contribution in [0.1, 0.15) is 31.6 Å². The number of anilines is 1. The minimum Gasteiger partial charge on any atom is -0.406 e. The highest BCUT2D eigenvalue weighted by atomic mass is 32.2. The zero-order chi connectivity index (χ0) is 18.9. The highest BCUT2D eigenvalue weighted by molar-refractivity contribution is 8.00. The van der Waals surface area contributed by atoms with Crippen LogP contribution in [0.15, 0.2) is 29.4 Å². The molecule has 1 aliphatic carbocycles. The van der Waals surface area contributed by atoms with E-state index in [1.54, 1.807) is 6.92 Å². The molecule has 140 valence electrons. The van der Waals surface area contributed by atoms with Crippen molar-refractivity contribution in [2.75, 3.05) is 5.32 Å². The molecular weight excluding hydrogens is 369 g/mol. The van der Waals surface area contributed by atoms with Gasteiger partial charge in [0.15, 0.2) is 5.16 Å². The lowest BCUT2D eigenvalue weighted by Gasteiger charge is -2.13. The number of halogens is 3. The van der Waals surface area contributed by atoms with Crippen molar-refractivity contribution in [1.29, 1.82) is 0 Å². The van der Waals surface area contributed by atoms with Gasteiger partial charge in [-0.1, -0.05) is 11.8 Å². The Morgan fingerprint density at radius 3 is 2.54 bits per heavy atom. The second-order valence-electron chi connectivity index (χ2n) is 5.95. The average molecular weight is 386 g/mol. The van der Waals surface area contributed by atoms with Crippen molar-refractivity contribution >= 4 is 23.4 Å². The van der Waals surface area contributed by atoms with Crippen molar-refractivity contribution in [3.8, 4) is 5.75 Å². The van der Waals surface area contributed by atoms with Crippen LogP contribution in [-0.4, -0.2) is 32.3 Å². The highest BCUT2D eigenvalue weighted by Gasteiger charge is 2.31. The Morgan fingerprint density at radius 2 is 1.96 bits per heavy atom. The third-order valence-electron chi connectivity index (χ3n) is 3.75. The number of amides is 1. The number of carbonyl (C=O) groups excluding carboxylic acids is 1. The fourth-order valence-corrected chi connectivity index (χ4v) is 3.34. The van der Waals surface area contributed by atoms with E-state index in [1.807, 2.05) is 11.5 Å². The van der Waals surface area contributed by atoms with Crippen LogP contribution in [0.5, 0.6) is 5.75 Å². The molecule has 1 amide bonds. The average Bonchev–Trinajstić information content (AvgIpc) is 3.32. The van der Waals surface area contributed by atoms with Crippen LogP contribution in [0, 0.1) is 6.92 Å². The zero-order valence-electron chi connectivity index (χ0n) is 14.1. The van der Waals surface area contributed by atoms with Gasteiger partial charge in [0.1, 0.15) is 11.6 Å². The number of nitrogens with zero attached hydrogens (tertiary/aromatic N) is 3. The van der Waals surface area contributed by atoms with E-state index in [0.717, 1.165) is 30.8 Å². The number of thioether (sulfide) groups is 1. The van der Waals surface area contributed by atoms with Gasteiger partial charge in [0.2, 0.25) is 5.91 Å². The summed E-state index contributed by atoms with van der Waals surface area (Å²) in [4.78, 5) is 12.3. The summed E-state index contributed by atoms with van der Waals surface area (Å²) < 4.78 is 42.3. The minimum absolute atomic E-state index is 0.275. The lowest BCUT2D eigenvalue weighted by atomic mass is 10.3. The van der Waals surface area contributed by atoms with Crippen molar-refractivity contribution < 1.29 is 22.7 Å². The maximum atomic E-state index is 12.3. The van der Waals surface area contributed by atoms with Crippen LogP contribution in [0.2, 0.25) is 0 Å². The topological polar surface area (TPSA) is 69.0 Å². The fraction of sp³-hybridized carbons (Fsp3) is 0.438. The Kier molecular flexibility index (Phi) is 5.12. The smallest absolute Gasteiger partial charge is 0.406 e. The minimum atomic E-state index is -4.74. The van der Waals surface area contributed by atoms with E-state index >= 15 is 0 Å². The van der Waals surface area contributed by atoms with Crippen LogP contribution in [0.3, 0.4) is 0 Å². The monoisotopic (exact) mass is 386 g/mol. The number of benzene rings is 1. The molecule has 0 radical (unpaired) electrons. The number of rotatable bonds is 6. The van der Waals surface area contributed by atoms with Crippen molar-refractivity contribution in [1.82, 2.24) is 14.8 Å². The number of hydrogen-bond donors (Lipinski definition) is 1. The molecule has 2 aromatic rings. The second-order valence-corrected chi connectivity index (χ2v) is 7.26. The predicted octanol–water partition coefficient (Wildman–Crippen LogP) is 3.94. The molecule has 0 spiro atoms. The van der Waals surface area contributed by atoms with E-state index in [-0.39, 0.29) is 11.7 Å². The maximum Gasteiger partial charge on any atom is 0.573 e. The van der Waals surface area contributed by atoms with Gasteiger partial charge in [-0.2, -0.15) is 0 Å². The van der Waals surface area contributed by atoms with Gasteiger partial charge in [-0.25, -0.2) is 0 Å². The Hall–Kier alpha value is -2.23. The molecule has 0 unspecified atom stereocenters. The SMILES string of the molecule is Cc1nnc(S[C@H](C)C(=O)Nc2ccc(OC(F)(F)F)cc2)n1C1CC1. The van der Waals surface area contributed by atoms with Crippen LogP contribution in [0.4, 0.5) is 18.9 Å². The van der Waals surface area contributed by atoms with Crippen molar-refractivity contribution in [3.05, 3.63) is 30.1 Å². The quantitative estimate of drug-likeness (QED) is 0.762. The molecule has 1 saturated carbocycles. The maximum absolute atomic E-state index is 12.3. The standard InChI is InChI=1S/C16H17F3N4O2S/c1-9(26-15-22-21-10(2)23(15)12-5-6-12)14(24)20-11-3-7-13(8-4-11)25-16(17,18)19/h3-4,7-9,12H,5-6H2,1-2H3,(H,20,24)/t9-/m1/s1. The first-order valence-electron chi connectivity index (χ1n) is 7.98. The van der Waals surface area contributed by atoms with Crippen molar-refractivity contribution in [2.24, 2.45) is 0 Å². The number of aromatic nitrogens is 3. The number of ether oxygens (including phenoxy) is 1. The number of hydrogen-bond acceptors (Lipinski definition) is 5. The molecule has 3 rings (SSSR count). The molecule has 0 bridgehead atoms. The molecular formula is C16H17F3N4O2S. The van der Waals surface area contributed by atoms with Crippen LogP contribution in [-0.2, 0) is 4.79 Å². The summed E-state index contributed by atoms with van der Waals surface area (Å²) in [5, 5.41) is 11.1. The molecule has 1 aromatic carbocycles. The molecule has 0 saturated heterocycles. The van der Waals surface area contributed by atoms with E-state index in [9.17, 15) is 18.0 Å². The predicted molar refractivity (Wildman–Crippen MR) is 90.1 cm³/mol. The van der Waals surface area contributed by atoms with Gasteiger partial charge in [-0.3, -0.25) is 4.79 Å². The van der Waals surface area contributed by atoms with Crippen LogP contribution >= 0.6 is 11.8 Å². The Balaban J connectivity index is 1.59. The lowest BCUT2D eigenvalue weighted by Crippen LogP contribution is -2.23. The highest BCUT2D eigenvalue weighted by Crippen LogP contribution is 2.39. The normalized spacial score (nSPS) is 15.6. The largest absolute Gasteiger partial charge is 0.573 e. The molecule has 10 heteroatoms. The summed E-state index contributed by atoms with van der Waals surface area (Å²) in [6.45, 7) is 3.62. The van der Waals surface area contributed by atoms with Crippen LogP contribution < -0.4 is 10.1 Å². The van der Waals surface area contributed by atoms with E-state index in [1.165, 1.54) is 23.9 Å². The lowest BCUT2D eigenvalue weighted by molar-refractivity contribution is -0.274. The summed E-state index contributed by atoms with van der Waals surface area (Å²) in [6.07, 6.45) is -2.58. The summed E-state index contributed by atoms with van der Waals surface area (Å²) in [6, 6.07) is 5.41. The van der Waals surface area contributed by atoms with Crippen molar-refractivity contribution in [3.63, 3.8) is 0 Å². The van der Waals surface area contributed by atoms with Crippen LogP contribution in [0.25, 0.3) is 0 Å². The molecule has 1 aromatic heterocycles. The van der Waals surface area contributed by atoms with E-state index in [0.29, 0.717) is 16.9 Å². The Labute approximate surface area is 152 Å². The summed E-state index contributed by atoms with van der Waals surface area (Å²) in [5.74, 6) is 0.205. The molecule has 0 aliphatic heterocycles. The Bertz CT molecular complexity index is 788. The Morgan fingerprint density at radius 1 is 1.31 bits per heavy atom. The number of carbonyl (C=O) groups is 1. The third-order valence-corrected chi connectivity index (χ3v) is 4.81. The summed E-state index contributed by atoms with van der Waals surface area (Å²) in [5.41, 5.74) is 0.386. The molecule has 1 atom stereocenters. The first-order valence-corrected chi connectivity index (χ1v) is 8.86. The molecule has 1 aliphatic rings. The molecule has 26 heavy (non-hydrogen) atoms. The van der Waals surface area contributed by atoms with Gasteiger partial charge in [-0.05, 0) is 51.0 Å². The molecule has 1 fully saturated rings. The summed E-state index contributed by atoms with van der Waals surface area (Å²) in [7, 11) is 0. The first kappa shape index (κ1) is 18.6. The zero-order valence-corrected chi connectivity index (χ0v) is 14.9. The number of nitrogens with one attached hydrogen (secondary N) is 1. The van der Waals surface area contributed by atoms with E-state index < -0.39 is 11.6 Å². The number of alkyl halides is 3. The second kappa shape index (κ2) is 7.18. The van der Waals surface area contributed by atoms with Gasteiger partial charge >= 0.3 is 6.36 Å². The van der Waals surface area contributed by atoms with Gasteiger partial charge in [-0.15, -0.1) is 23.4 Å². The fourth-order valence-electron chi connectivity index (χ4n) is 2.38. The number of aryl methyl sites for hydroxylation is 1. The molecule has 1 heterocycles. The third kappa shape index (κ3) is 4.69. The molecule has 6 nitrogen and oxygen atoms in total. The van der Waals surface area contributed by atoms with Gasteiger partial charge in [0, 0.05) is 11.7 Å². The van der Waals surface area contributed by atoms with Gasteiger partial charge < -0.3 is 14.6 Å². The first-order chi connectivity index (χ1) is 12.2. The van der Waals surface area contributed by atoms with Crippen molar-refractivity contribution in [2.45, 2.75) is 49.5 Å². The molecule has 1 N–H and O–H groups in total. The van der Waals surface area contributed by atoms with Gasteiger partial charge in [0.05, 0.1) is 5.25 Å². The van der Waals surface area contributed by atoms with E-state index in [4.69, 9.17) is 0 Å². The summed E-state index contributed by atoms with van der Waals surface area (Å²) >= 11 is 1.30. The van der Waals surface area contributed by atoms with E-state index in [2.05, 4.69) is 20.3 Å². The van der Waals surface area contributed by atoms with Gasteiger partial charge in [0.25, 0.3) is 0 Å².